The summed E-state index contributed by atoms with van der Waals surface area (Å²) in [6.45, 7) is 9.67. The number of hydrogen-bond acceptors (Lipinski definition) is 3. The Kier molecular flexibility index (Phi) is 6.62. The molecule has 1 aromatic carbocycles. The van der Waals surface area contributed by atoms with Crippen LogP contribution >= 0.6 is 15.9 Å². The Bertz CT molecular complexity index is 463. The van der Waals surface area contributed by atoms with Crippen molar-refractivity contribution in [1.82, 2.24) is 5.32 Å². The highest BCUT2D eigenvalue weighted by Crippen LogP contribution is 2.35. The minimum absolute atomic E-state index is 0.123. The van der Waals surface area contributed by atoms with Gasteiger partial charge in [-0.25, -0.2) is 0 Å². The van der Waals surface area contributed by atoms with Gasteiger partial charge in [0.1, 0.15) is 0 Å². The van der Waals surface area contributed by atoms with Crippen LogP contribution in [0.15, 0.2) is 22.7 Å². The van der Waals surface area contributed by atoms with E-state index in [4.69, 9.17) is 0 Å². The van der Waals surface area contributed by atoms with Crippen LogP contribution in [0.4, 0.5) is 5.69 Å². The second-order valence-electron chi connectivity index (χ2n) is 5.48. The molecule has 0 aliphatic rings. The highest BCUT2D eigenvalue weighted by atomic mass is 79.9. The number of nitro groups is 1. The summed E-state index contributed by atoms with van der Waals surface area (Å²) in [5.41, 5.74) is 1.25. The Balaban J connectivity index is 3.06. The molecule has 0 aromatic heterocycles. The second-order valence-corrected chi connectivity index (χ2v) is 6.33. The van der Waals surface area contributed by atoms with Gasteiger partial charge in [0, 0.05) is 28.6 Å². The number of rotatable bonds is 7. The first kappa shape index (κ1) is 17.1. The highest BCUT2D eigenvalue weighted by molar-refractivity contribution is 9.10. The minimum atomic E-state index is -0.363. The second kappa shape index (κ2) is 7.74. The summed E-state index contributed by atoms with van der Waals surface area (Å²) in [4.78, 5) is 10.5. The molecule has 0 spiro atoms. The van der Waals surface area contributed by atoms with Gasteiger partial charge in [-0.05, 0) is 31.4 Å². The average Bonchev–Trinajstić information content (AvgIpc) is 2.37. The maximum absolute atomic E-state index is 10.8. The maximum Gasteiger partial charge on any atom is 0.270 e. The van der Waals surface area contributed by atoms with Crippen molar-refractivity contribution in [1.29, 1.82) is 0 Å². The zero-order valence-corrected chi connectivity index (χ0v) is 14.1. The predicted octanol–water partition coefficient (Wildman–Crippen LogP) is 4.49. The average molecular weight is 343 g/mol. The van der Waals surface area contributed by atoms with Crippen LogP contribution in [-0.4, -0.2) is 17.5 Å². The molecule has 4 nitrogen and oxygen atoms in total. The summed E-state index contributed by atoms with van der Waals surface area (Å²) in [6.07, 6.45) is 1.09. The molecule has 0 amide bonds. The fourth-order valence-corrected chi connectivity index (χ4v) is 3.24. The van der Waals surface area contributed by atoms with Gasteiger partial charge in [0.05, 0.1) is 4.92 Å². The molecule has 0 bridgehead atoms. The molecule has 1 rings (SSSR count). The number of nitrogens with zero attached hydrogens (tertiary/aromatic N) is 1. The number of halogens is 1. The summed E-state index contributed by atoms with van der Waals surface area (Å²) in [6, 6.07) is 5.38. The summed E-state index contributed by atoms with van der Waals surface area (Å²) in [5.74, 6) is 0.767. The minimum Gasteiger partial charge on any atom is -0.314 e. The third-order valence-corrected chi connectivity index (χ3v) is 4.21. The van der Waals surface area contributed by atoms with E-state index in [2.05, 4.69) is 48.9 Å². The highest BCUT2D eigenvalue weighted by Gasteiger charge is 2.25. The maximum atomic E-state index is 10.8. The van der Waals surface area contributed by atoms with Crippen molar-refractivity contribution < 1.29 is 4.92 Å². The van der Waals surface area contributed by atoms with E-state index < -0.39 is 0 Å². The molecule has 1 N–H and O–H groups in total. The number of nitrogens with one attached hydrogen (secondary N) is 1. The molecule has 0 saturated carbocycles. The molecule has 5 heteroatoms. The lowest BCUT2D eigenvalue weighted by Gasteiger charge is -2.29. The van der Waals surface area contributed by atoms with Gasteiger partial charge < -0.3 is 5.32 Å². The van der Waals surface area contributed by atoms with Crippen molar-refractivity contribution in [2.45, 2.75) is 46.1 Å². The van der Waals surface area contributed by atoms with E-state index >= 15 is 0 Å². The van der Waals surface area contributed by atoms with E-state index in [0.29, 0.717) is 17.9 Å². The SMILES string of the molecule is CCCNC(C)C(c1ccc([N+](=O)[O-])cc1Br)C(C)C. The van der Waals surface area contributed by atoms with Crippen LogP contribution in [0.3, 0.4) is 0 Å². The zero-order valence-electron chi connectivity index (χ0n) is 12.5. The largest absolute Gasteiger partial charge is 0.314 e. The van der Waals surface area contributed by atoms with E-state index in [9.17, 15) is 10.1 Å². The summed E-state index contributed by atoms with van der Waals surface area (Å²) < 4.78 is 0.815. The molecule has 20 heavy (non-hydrogen) atoms. The van der Waals surface area contributed by atoms with Crippen LogP contribution in [0.1, 0.15) is 45.6 Å². The van der Waals surface area contributed by atoms with Crippen molar-refractivity contribution in [3.63, 3.8) is 0 Å². The number of non-ortho nitro benzene ring substituents is 1. The fraction of sp³-hybridized carbons (Fsp3) is 0.600. The van der Waals surface area contributed by atoms with Crippen molar-refractivity contribution in [3.05, 3.63) is 38.3 Å². The molecule has 1 aromatic rings. The van der Waals surface area contributed by atoms with Crippen LogP contribution in [0, 0.1) is 16.0 Å². The van der Waals surface area contributed by atoms with Crippen LogP contribution in [0.2, 0.25) is 0 Å². The van der Waals surface area contributed by atoms with E-state index in [1.54, 1.807) is 12.1 Å². The molecule has 2 atom stereocenters. The number of nitro benzene ring substituents is 1. The molecule has 0 radical (unpaired) electrons. The van der Waals surface area contributed by atoms with Gasteiger partial charge in [-0.15, -0.1) is 0 Å². The standard InChI is InChI=1S/C15H23BrN2O2/c1-5-8-17-11(4)15(10(2)3)13-7-6-12(18(19)20)9-14(13)16/h6-7,9-11,15,17H,5,8H2,1-4H3. The zero-order chi connectivity index (χ0) is 15.3. The quantitative estimate of drug-likeness (QED) is 0.586. The first-order valence-electron chi connectivity index (χ1n) is 7.05. The predicted molar refractivity (Wildman–Crippen MR) is 86.1 cm³/mol. The van der Waals surface area contributed by atoms with Gasteiger partial charge in [-0.3, -0.25) is 10.1 Å². The van der Waals surface area contributed by atoms with Crippen molar-refractivity contribution >= 4 is 21.6 Å². The van der Waals surface area contributed by atoms with Crippen molar-refractivity contribution in [2.75, 3.05) is 6.54 Å². The van der Waals surface area contributed by atoms with Gasteiger partial charge in [0.15, 0.2) is 0 Å². The third-order valence-electron chi connectivity index (χ3n) is 3.53. The van der Waals surface area contributed by atoms with Crippen molar-refractivity contribution in [3.8, 4) is 0 Å². The first-order valence-corrected chi connectivity index (χ1v) is 7.85. The van der Waals surface area contributed by atoms with Gasteiger partial charge in [-0.2, -0.15) is 0 Å². The molecule has 112 valence electrons. The lowest BCUT2D eigenvalue weighted by atomic mass is 9.83. The Labute approximate surface area is 129 Å². The monoisotopic (exact) mass is 342 g/mol. The summed E-state index contributed by atoms with van der Waals surface area (Å²) >= 11 is 3.49. The first-order chi connectivity index (χ1) is 9.38. The molecular weight excluding hydrogens is 320 g/mol. The molecular formula is C15H23BrN2O2. The van der Waals surface area contributed by atoms with E-state index in [-0.39, 0.29) is 10.6 Å². The third kappa shape index (κ3) is 4.28. The molecule has 0 heterocycles. The van der Waals surface area contributed by atoms with Crippen LogP contribution < -0.4 is 5.32 Å². The summed E-state index contributed by atoms with van der Waals surface area (Å²) in [5, 5.41) is 14.3. The van der Waals surface area contributed by atoms with Gasteiger partial charge >= 0.3 is 0 Å². The molecule has 0 aliphatic carbocycles. The van der Waals surface area contributed by atoms with Gasteiger partial charge in [-0.1, -0.05) is 42.8 Å². The normalized spacial score (nSPS) is 14.3. The molecule has 2 unspecified atom stereocenters. The van der Waals surface area contributed by atoms with Crippen molar-refractivity contribution in [2.24, 2.45) is 5.92 Å². The smallest absolute Gasteiger partial charge is 0.270 e. The molecule has 0 fully saturated rings. The van der Waals surface area contributed by atoms with Gasteiger partial charge in [0.25, 0.3) is 5.69 Å². The fourth-order valence-electron chi connectivity index (χ4n) is 2.60. The lowest BCUT2D eigenvalue weighted by molar-refractivity contribution is -0.384. The van der Waals surface area contributed by atoms with Crippen LogP contribution in [0.5, 0.6) is 0 Å². The number of benzene rings is 1. The Morgan fingerprint density at radius 3 is 2.45 bits per heavy atom. The molecule has 0 aliphatic heterocycles. The Morgan fingerprint density at radius 2 is 2.00 bits per heavy atom. The lowest BCUT2D eigenvalue weighted by Crippen LogP contribution is -2.35. The van der Waals surface area contributed by atoms with Gasteiger partial charge in [0.2, 0.25) is 0 Å². The van der Waals surface area contributed by atoms with E-state index in [1.807, 2.05) is 6.07 Å². The number of hydrogen-bond donors (Lipinski definition) is 1. The molecule has 0 saturated heterocycles. The van der Waals surface area contributed by atoms with E-state index in [0.717, 1.165) is 23.0 Å². The Morgan fingerprint density at radius 1 is 1.35 bits per heavy atom. The topological polar surface area (TPSA) is 55.2 Å². The summed E-state index contributed by atoms with van der Waals surface area (Å²) in [7, 11) is 0. The Hall–Kier alpha value is -0.940. The van der Waals surface area contributed by atoms with Crippen LogP contribution in [-0.2, 0) is 0 Å². The van der Waals surface area contributed by atoms with E-state index in [1.165, 1.54) is 0 Å². The van der Waals surface area contributed by atoms with Crippen LogP contribution in [0.25, 0.3) is 0 Å².